The van der Waals surface area contributed by atoms with Crippen molar-refractivity contribution < 1.29 is 9.53 Å². The Bertz CT molecular complexity index is 116. The number of rotatable bonds is 3. The highest BCUT2D eigenvalue weighted by Crippen LogP contribution is 1.93. The second-order valence-corrected chi connectivity index (χ2v) is 2.25. The largest absolute Gasteiger partial charge is 0.383 e. The number of carbonyl (C=O) groups is 1. The van der Waals surface area contributed by atoms with Gasteiger partial charge in [0.25, 0.3) is 0 Å². The Hall–Kier alpha value is -0.770. The molecule has 0 spiro atoms. The molecule has 0 aromatic rings. The average molecular weight is 146 g/mol. The van der Waals surface area contributed by atoms with Crippen molar-refractivity contribution >= 4 is 6.03 Å². The summed E-state index contributed by atoms with van der Waals surface area (Å²) in [5.41, 5.74) is 5.00. The van der Waals surface area contributed by atoms with E-state index in [1.165, 1.54) is 4.90 Å². The van der Waals surface area contributed by atoms with Gasteiger partial charge in [0, 0.05) is 14.2 Å². The van der Waals surface area contributed by atoms with Crippen LogP contribution in [0.3, 0.4) is 0 Å². The normalized spacial score (nSPS) is 12.7. The zero-order valence-corrected chi connectivity index (χ0v) is 6.63. The molecule has 0 saturated heterocycles. The lowest BCUT2D eigenvalue weighted by Crippen LogP contribution is -2.41. The molecule has 0 rings (SSSR count). The number of primary amides is 1. The van der Waals surface area contributed by atoms with Crippen LogP contribution >= 0.6 is 0 Å². The number of hydrogen-bond acceptors (Lipinski definition) is 2. The van der Waals surface area contributed by atoms with E-state index in [-0.39, 0.29) is 6.04 Å². The van der Waals surface area contributed by atoms with Crippen molar-refractivity contribution in [3.05, 3.63) is 0 Å². The van der Waals surface area contributed by atoms with Crippen LogP contribution in [0.25, 0.3) is 0 Å². The highest BCUT2D eigenvalue weighted by molar-refractivity contribution is 5.71. The third kappa shape index (κ3) is 2.68. The molecule has 0 aromatic carbocycles. The Labute approximate surface area is 60.9 Å². The van der Waals surface area contributed by atoms with E-state index in [1.54, 1.807) is 14.2 Å². The fraction of sp³-hybridized carbons (Fsp3) is 0.833. The van der Waals surface area contributed by atoms with Gasteiger partial charge in [-0.25, -0.2) is 4.79 Å². The van der Waals surface area contributed by atoms with Gasteiger partial charge in [-0.05, 0) is 6.92 Å². The zero-order valence-electron chi connectivity index (χ0n) is 6.63. The molecule has 10 heavy (non-hydrogen) atoms. The van der Waals surface area contributed by atoms with Crippen LogP contribution in [-0.2, 0) is 4.74 Å². The van der Waals surface area contributed by atoms with Gasteiger partial charge in [-0.1, -0.05) is 0 Å². The van der Waals surface area contributed by atoms with Gasteiger partial charge in [0.05, 0.1) is 12.6 Å². The summed E-state index contributed by atoms with van der Waals surface area (Å²) in [4.78, 5) is 11.9. The maximum Gasteiger partial charge on any atom is 0.314 e. The summed E-state index contributed by atoms with van der Waals surface area (Å²) in [5, 5.41) is 0. The fourth-order valence-electron chi connectivity index (χ4n) is 0.570. The summed E-state index contributed by atoms with van der Waals surface area (Å²) in [7, 11) is 3.23. The molecule has 60 valence electrons. The molecule has 2 amide bonds. The lowest BCUT2D eigenvalue weighted by Gasteiger charge is -2.21. The molecule has 1 unspecified atom stereocenters. The number of nitrogens with zero attached hydrogens (tertiary/aromatic N) is 1. The number of urea groups is 1. The Morgan fingerprint density at radius 3 is 2.60 bits per heavy atom. The topological polar surface area (TPSA) is 55.6 Å². The second-order valence-electron chi connectivity index (χ2n) is 2.25. The molecular formula is C6H14N2O2. The number of carbonyl (C=O) groups excluding carboxylic acids is 1. The van der Waals surface area contributed by atoms with E-state index in [1.807, 2.05) is 6.92 Å². The van der Waals surface area contributed by atoms with Crippen LogP contribution in [0.1, 0.15) is 6.92 Å². The van der Waals surface area contributed by atoms with E-state index in [9.17, 15) is 4.79 Å². The molecular weight excluding hydrogens is 132 g/mol. The number of amides is 2. The van der Waals surface area contributed by atoms with Gasteiger partial charge >= 0.3 is 6.03 Å². The minimum atomic E-state index is -0.426. The van der Waals surface area contributed by atoms with Crippen molar-refractivity contribution in [1.82, 2.24) is 4.90 Å². The molecule has 4 heteroatoms. The predicted molar refractivity (Wildman–Crippen MR) is 38.7 cm³/mol. The van der Waals surface area contributed by atoms with Crippen molar-refractivity contribution in [3.8, 4) is 0 Å². The van der Waals surface area contributed by atoms with Crippen molar-refractivity contribution in [2.24, 2.45) is 5.73 Å². The van der Waals surface area contributed by atoms with Crippen molar-refractivity contribution in [2.75, 3.05) is 20.8 Å². The Morgan fingerprint density at radius 2 is 2.30 bits per heavy atom. The molecule has 0 aliphatic rings. The van der Waals surface area contributed by atoms with Crippen LogP contribution in [0.5, 0.6) is 0 Å². The maximum absolute atomic E-state index is 10.5. The van der Waals surface area contributed by atoms with Crippen LogP contribution in [0.2, 0.25) is 0 Å². The first-order chi connectivity index (χ1) is 4.59. The standard InChI is InChI=1S/C6H14N2O2/c1-5(4-10-3)8(2)6(7)9/h5H,4H2,1-3H3,(H2,7,9). The Morgan fingerprint density at radius 1 is 1.80 bits per heavy atom. The minimum absolute atomic E-state index is 0.0440. The lowest BCUT2D eigenvalue weighted by atomic mass is 10.3. The third-order valence-electron chi connectivity index (χ3n) is 1.42. The van der Waals surface area contributed by atoms with E-state index in [0.29, 0.717) is 6.61 Å². The lowest BCUT2D eigenvalue weighted by molar-refractivity contribution is 0.127. The first-order valence-electron chi connectivity index (χ1n) is 3.10. The van der Waals surface area contributed by atoms with Gasteiger partial charge in [-0.3, -0.25) is 0 Å². The summed E-state index contributed by atoms with van der Waals surface area (Å²) < 4.78 is 4.83. The summed E-state index contributed by atoms with van der Waals surface area (Å²) in [6.45, 7) is 2.38. The molecule has 0 aliphatic heterocycles. The molecule has 0 aromatic heterocycles. The minimum Gasteiger partial charge on any atom is -0.383 e. The molecule has 1 atom stereocenters. The number of methoxy groups -OCH3 is 1. The van der Waals surface area contributed by atoms with Crippen LogP contribution in [0.4, 0.5) is 4.79 Å². The average Bonchev–Trinajstić information content (AvgIpc) is 1.87. The molecule has 2 N–H and O–H groups in total. The first-order valence-corrected chi connectivity index (χ1v) is 3.10. The van der Waals surface area contributed by atoms with E-state index in [4.69, 9.17) is 10.5 Å². The fourth-order valence-corrected chi connectivity index (χ4v) is 0.570. The number of hydrogen-bond donors (Lipinski definition) is 1. The van der Waals surface area contributed by atoms with Crippen molar-refractivity contribution in [2.45, 2.75) is 13.0 Å². The van der Waals surface area contributed by atoms with Crippen LogP contribution < -0.4 is 5.73 Å². The summed E-state index contributed by atoms with van der Waals surface area (Å²) in [5.74, 6) is 0. The molecule has 0 radical (unpaired) electrons. The highest BCUT2D eigenvalue weighted by atomic mass is 16.5. The summed E-state index contributed by atoms with van der Waals surface area (Å²) in [6, 6.07) is -0.382. The van der Waals surface area contributed by atoms with Crippen molar-refractivity contribution in [3.63, 3.8) is 0 Å². The van der Waals surface area contributed by atoms with E-state index >= 15 is 0 Å². The van der Waals surface area contributed by atoms with Gasteiger partial charge < -0.3 is 15.4 Å². The smallest absolute Gasteiger partial charge is 0.314 e. The molecule has 0 saturated carbocycles. The Kier molecular flexibility index (Phi) is 3.79. The quantitative estimate of drug-likeness (QED) is 0.610. The van der Waals surface area contributed by atoms with Gasteiger partial charge in [-0.15, -0.1) is 0 Å². The zero-order chi connectivity index (χ0) is 8.15. The first kappa shape index (κ1) is 9.23. The van der Waals surface area contributed by atoms with Gasteiger partial charge in [-0.2, -0.15) is 0 Å². The van der Waals surface area contributed by atoms with Crippen LogP contribution in [0.15, 0.2) is 0 Å². The van der Waals surface area contributed by atoms with Gasteiger partial charge in [0.1, 0.15) is 0 Å². The maximum atomic E-state index is 10.5. The van der Waals surface area contributed by atoms with Crippen LogP contribution in [0, 0.1) is 0 Å². The van der Waals surface area contributed by atoms with E-state index in [2.05, 4.69) is 0 Å². The Balaban J connectivity index is 3.69. The van der Waals surface area contributed by atoms with Crippen molar-refractivity contribution in [1.29, 1.82) is 0 Å². The molecule has 4 nitrogen and oxygen atoms in total. The van der Waals surface area contributed by atoms with Gasteiger partial charge in [0.15, 0.2) is 0 Å². The van der Waals surface area contributed by atoms with E-state index in [0.717, 1.165) is 0 Å². The SMILES string of the molecule is COCC(C)N(C)C(N)=O. The number of likely N-dealkylation sites (N-methyl/N-ethyl adjacent to an activating group) is 1. The monoisotopic (exact) mass is 146 g/mol. The summed E-state index contributed by atoms with van der Waals surface area (Å²) in [6.07, 6.45) is 0. The second kappa shape index (κ2) is 4.11. The van der Waals surface area contributed by atoms with Gasteiger partial charge in [0.2, 0.25) is 0 Å². The van der Waals surface area contributed by atoms with E-state index < -0.39 is 6.03 Å². The number of nitrogens with two attached hydrogens (primary N) is 1. The molecule has 0 bridgehead atoms. The van der Waals surface area contributed by atoms with Crippen LogP contribution in [-0.4, -0.2) is 37.7 Å². The number of ether oxygens (including phenoxy) is 1. The summed E-state index contributed by atoms with van der Waals surface area (Å²) >= 11 is 0. The highest BCUT2D eigenvalue weighted by Gasteiger charge is 2.10. The molecule has 0 aliphatic carbocycles. The third-order valence-corrected chi connectivity index (χ3v) is 1.42. The molecule has 0 heterocycles. The molecule has 0 fully saturated rings. The predicted octanol–water partition coefficient (Wildman–Crippen LogP) is 0.0318.